The summed E-state index contributed by atoms with van der Waals surface area (Å²) >= 11 is 0. The third-order valence-electron chi connectivity index (χ3n) is 4.17. The molecule has 1 fully saturated rings. The Morgan fingerprint density at radius 1 is 1.33 bits per heavy atom. The van der Waals surface area contributed by atoms with Crippen LogP contribution in [0, 0.1) is 12.3 Å². The molecule has 1 saturated heterocycles. The normalized spacial score (nSPS) is 17.2. The van der Waals surface area contributed by atoms with E-state index in [1.807, 2.05) is 0 Å². The number of primary amides is 1. The molecule has 0 aromatic heterocycles. The van der Waals surface area contributed by atoms with E-state index in [0.717, 1.165) is 0 Å². The molecule has 2 amide bonds. The van der Waals surface area contributed by atoms with Gasteiger partial charge >= 0.3 is 0 Å². The van der Waals surface area contributed by atoms with Gasteiger partial charge in [0.05, 0.1) is 5.41 Å². The van der Waals surface area contributed by atoms with E-state index in [9.17, 15) is 9.59 Å². The zero-order chi connectivity index (χ0) is 15.5. The number of hydrogen-bond acceptors (Lipinski definition) is 4. The molecular weight excluding hydrogens is 270 g/mol. The summed E-state index contributed by atoms with van der Waals surface area (Å²) in [5.41, 5.74) is 12.2. The van der Waals surface area contributed by atoms with Crippen LogP contribution in [0.5, 0.6) is 0 Å². The molecule has 0 radical (unpaired) electrons. The highest BCUT2D eigenvalue weighted by Gasteiger charge is 2.39. The van der Waals surface area contributed by atoms with Gasteiger partial charge in [-0.3, -0.25) is 9.59 Å². The first-order valence-corrected chi connectivity index (χ1v) is 6.99. The third-order valence-corrected chi connectivity index (χ3v) is 4.17. The number of amides is 2. The zero-order valence-electron chi connectivity index (χ0n) is 12.1. The van der Waals surface area contributed by atoms with Gasteiger partial charge in [-0.25, -0.2) is 0 Å². The van der Waals surface area contributed by atoms with Gasteiger partial charge in [0.1, 0.15) is 0 Å². The molecule has 5 N–H and O–H groups in total. The second kappa shape index (κ2) is 6.24. The summed E-state index contributed by atoms with van der Waals surface area (Å²) < 4.78 is 5.30. The molecule has 1 aliphatic rings. The van der Waals surface area contributed by atoms with Crippen LogP contribution in [0.25, 0.3) is 0 Å². The molecule has 0 aliphatic carbocycles. The van der Waals surface area contributed by atoms with E-state index in [-0.39, 0.29) is 12.5 Å². The van der Waals surface area contributed by atoms with E-state index in [1.165, 1.54) is 0 Å². The summed E-state index contributed by atoms with van der Waals surface area (Å²) in [7, 11) is 0. The predicted octanol–water partition coefficient (Wildman–Crippen LogP) is 0.788. The molecule has 1 aromatic carbocycles. The topological polar surface area (TPSA) is 107 Å². The van der Waals surface area contributed by atoms with Gasteiger partial charge in [-0.2, -0.15) is 0 Å². The number of nitrogens with two attached hydrogens (primary N) is 2. The quantitative estimate of drug-likeness (QED) is 0.762. The van der Waals surface area contributed by atoms with Gasteiger partial charge in [0.15, 0.2) is 0 Å². The fourth-order valence-electron chi connectivity index (χ4n) is 2.58. The number of benzene rings is 1. The Labute approximate surface area is 123 Å². The highest BCUT2D eigenvalue weighted by atomic mass is 16.5. The lowest BCUT2D eigenvalue weighted by atomic mass is 9.79. The number of hydrogen-bond donors (Lipinski definition) is 3. The van der Waals surface area contributed by atoms with E-state index in [4.69, 9.17) is 16.2 Å². The molecule has 0 saturated carbocycles. The molecule has 2 rings (SSSR count). The number of ether oxygens (including phenoxy) is 1. The second-order valence-corrected chi connectivity index (χ2v) is 5.39. The summed E-state index contributed by atoms with van der Waals surface area (Å²) in [6.45, 7) is 3.10. The van der Waals surface area contributed by atoms with E-state index in [1.54, 1.807) is 25.1 Å². The standard InChI is InChI=1S/C15H21N3O3/c1-10-11(13(17)19)3-2-4-12(10)18-14(20)15(9-16)5-7-21-8-6-15/h2-4H,5-9,16H2,1H3,(H2,17,19)(H,18,20). The monoisotopic (exact) mass is 291 g/mol. The first kappa shape index (κ1) is 15.5. The maximum absolute atomic E-state index is 12.6. The van der Waals surface area contributed by atoms with Gasteiger partial charge < -0.3 is 21.5 Å². The van der Waals surface area contributed by atoms with Crippen molar-refractivity contribution in [2.45, 2.75) is 19.8 Å². The van der Waals surface area contributed by atoms with Gasteiger partial charge in [0, 0.05) is 31.0 Å². The molecule has 6 nitrogen and oxygen atoms in total. The number of carbonyl (C=O) groups excluding carboxylic acids is 2. The van der Waals surface area contributed by atoms with Crippen molar-refractivity contribution in [3.63, 3.8) is 0 Å². The van der Waals surface area contributed by atoms with Crippen molar-refractivity contribution < 1.29 is 14.3 Å². The van der Waals surface area contributed by atoms with Crippen LogP contribution in [0.15, 0.2) is 18.2 Å². The number of anilines is 1. The predicted molar refractivity (Wildman–Crippen MR) is 79.9 cm³/mol. The lowest BCUT2D eigenvalue weighted by molar-refractivity contribution is -0.130. The van der Waals surface area contributed by atoms with Crippen molar-refractivity contribution in [3.05, 3.63) is 29.3 Å². The second-order valence-electron chi connectivity index (χ2n) is 5.39. The van der Waals surface area contributed by atoms with Crippen molar-refractivity contribution >= 4 is 17.5 Å². The summed E-state index contributed by atoms with van der Waals surface area (Å²) in [6.07, 6.45) is 1.20. The molecule has 0 spiro atoms. The average Bonchev–Trinajstić information content (AvgIpc) is 2.49. The van der Waals surface area contributed by atoms with Crippen molar-refractivity contribution in [2.75, 3.05) is 25.1 Å². The number of rotatable bonds is 4. The van der Waals surface area contributed by atoms with Crippen LogP contribution in [0.2, 0.25) is 0 Å². The molecule has 0 unspecified atom stereocenters. The number of carbonyl (C=O) groups is 2. The maximum atomic E-state index is 12.6. The lowest BCUT2D eigenvalue weighted by Gasteiger charge is -2.34. The van der Waals surface area contributed by atoms with Gasteiger partial charge in [-0.05, 0) is 37.5 Å². The Bertz CT molecular complexity index is 551. The summed E-state index contributed by atoms with van der Waals surface area (Å²) in [5.74, 6) is -0.638. The minimum atomic E-state index is -0.604. The third kappa shape index (κ3) is 3.06. The Balaban J connectivity index is 2.23. The molecule has 6 heteroatoms. The molecule has 0 atom stereocenters. The summed E-state index contributed by atoms with van der Waals surface area (Å²) in [4.78, 5) is 23.9. The Kier molecular flexibility index (Phi) is 4.59. The maximum Gasteiger partial charge on any atom is 0.249 e. The molecule has 1 aromatic rings. The minimum absolute atomic E-state index is 0.127. The largest absolute Gasteiger partial charge is 0.381 e. The smallest absolute Gasteiger partial charge is 0.249 e. The molecule has 114 valence electrons. The Hall–Kier alpha value is -1.92. The van der Waals surface area contributed by atoms with Crippen LogP contribution in [0.3, 0.4) is 0 Å². The zero-order valence-corrected chi connectivity index (χ0v) is 12.1. The summed E-state index contributed by atoms with van der Waals surface area (Å²) in [5, 5.41) is 2.88. The van der Waals surface area contributed by atoms with Gasteiger partial charge in [0.2, 0.25) is 11.8 Å². The van der Waals surface area contributed by atoms with Gasteiger partial charge in [0.25, 0.3) is 0 Å². The van der Waals surface area contributed by atoms with E-state index < -0.39 is 11.3 Å². The van der Waals surface area contributed by atoms with Crippen LogP contribution in [-0.2, 0) is 9.53 Å². The molecule has 21 heavy (non-hydrogen) atoms. The van der Waals surface area contributed by atoms with Crippen molar-refractivity contribution in [2.24, 2.45) is 16.9 Å². The minimum Gasteiger partial charge on any atom is -0.381 e. The van der Waals surface area contributed by atoms with E-state index in [2.05, 4.69) is 5.32 Å². The Morgan fingerprint density at radius 3 is 2.57 bits per heavy atom. The van der Waals surface area contributed by atoms with E-state index >= 15 is 0 Å². The highest BCUT2D eigenvalue weighted by molar-refractivity contribution is 6.00. The Morgan fingerprint density at radius 2 is 2.00 bits per heavy atom. The van der Waals surface area contributed by atoms with Crippen LogP contribution in [0.1, 0.15) is 28.8 Å². The number of nitrogens with one attached hydrogen (secondary N) is 1. The fourth-order valence-corrected chi connectivity index (χ4v) is 2.58. The first-order chi connectivity index (χ1) is 10.00. The van der Waals surface area contributed by atoms with Crippen molar-refractivity contribution in [1.29, 1.82) is 0 Å². The van der Waals surface area contributed by atoms with E-state index in [0.29, 0.717) is 42.9 Å². The van der Waals surface area contributed by atoms with Crippen molar-refractivity contribution in [1.82, 2.24) is 0 Å². The summed E-state index contributed by atoms with van der Waals surface area (Å²) in [6, 6.07) is 5.09. The van der Waals surface area contributed by atoms with Crippen LogP contribution in [-0.4, -0.2) is 31.6 Å². The average molecular weight is 291 g/mol. The fraction of sp³-hybridized carbons (Fsp3) is 0.467. The molecule has 1 aliphatic heterocycles. The highest BCUT2D eigenvalue weighted by Crippen LogP contribution is 2.31. The van der Waals surface area contributed by atoms with Gasteiger partial charge in [-0.15, -0.1) is 0 Å². The van der Waals surface area contributed by atoms with Crippen LogP contribution in [0.4, 0.5) is 5.69 Å². The van der Waals surface area contributed by atoms with Crippen LogP contribution < -0.4 is 16.8 Å². The molecular formula is C15H21N3O3. The van der Waals surface area contributed by atoms with Gasteiger partial charge in [-0.1, -0.05) is 6.07 Å². The molecule has 1 heterocycles. The van der Waals surface area contributed by atoms with Crippen LogP contribution >= 0.6 is 0 Å². The SMILES string of the molecule is Cc1c(NC(=O)C2(CN)CCOCC2)cccc1C(N)=O. The lowest BCUT2D eigenvalue weighted by Crippen LogP contribution is -2.46. The first-order valence-electron chi connectivity index (χ1n) is 6.99. The molecule has 0 bridgehead atoms. The van der Waals surface area contributed by atoms with Crippen molar-refractivity contribution in [3.8, 4) is 0 Å².